The second-order valence-electron chi connectivity index (χ2n) is 5.63. The molecule has 0 fully saturated rings. The SMILES string of the molecule is Cc1ccc(/C=C(\C#N)C(=O)O[C@H](C)C(=O)Nc2cccc(F)c2)cc1. The van der Waals surface area contributed by atoms with Gasteiger partial charge in [-0.3, -0.25) is 4.79 Å². The Bertz CT molecular complexity index is 883. The average molecular weight is 352 g/mol. The van der Waals surface area contributed by atoms with Crippen molar-refractivity contribution in [3.05, 3.63) is 71.0 Å². The summed E-state index contributed by atoms with van der Waals surface area (Å²) in [7, 11) is 0. The van der Waals surface area contributed by atoms with E-state index in [0.29, 0.717) is 5.56 Å². The number of ether oxygens (including phenoxy) is 1. The van der Waals surface area contributed by atoms with Crippen LogP contribution in [0.1, 0.15) is 18.1 Å². The van der Waals surface area contributed by atoms with Crippen LogP contribution in [0.4, 0.5) is 10.1 Å². The smallest absolute Gasteiger partial charge is 0.349 e. The van der Waals surface area contributed by atoms with E-state index >= 15 is 0 Å². The van der Waals surface area contributed by atoms with Crippen LogP contribution in [-0.4, -0.2) is 18.0 Å². The number of nitrogens with zero attached hydrogens (tertiary/aromatic N) is 1. The van der Waals surface area contributed by atoms with E-state index in [2.05, 4.69) is 5.32 Å². The van der Waals surface area contributed by atoms with E-state index < -0.39 is 23.8 Å². The zero-order valence-corrected chi connectivity index (χ0v) is 14.3. The molecule has 6 heteroatoms. The van der Waals surface area contributed by atoms with Gasteiger partial charge >= 0.3 is 5.97 Å². The van der Waals surface area contributed by atoms with Gasteiger partial charge in [0.15, 0.2) is 6.10 Å². The average Bonchev–Trinajstić information content (AvgIpc) is 2.61. The molecule has 1 N–H and O–H groups in total. The number of hydrogen-bond acceptors (Lipinski definition) is 4. The molecule has 0 aliphatic heterocycles. The molecule has 0 aliphatic carbocycles. The number of nitrogens with one attached hydrogen (secondary N) is 1. The van der Waals surface area contributed by atoms with Gasteiger partial charge in [-0.25, -0.2) is 9.18 Å². The van der Waals surface area contributed by atoms with Gasteiger partial charge in [0.25, 0.3) is 5.91 Å². The van der Waals surface area contributed by atoms with Crippen molar-refractivity contribution >= 4 is 23.6 Å². The second-order valence-corrected chi connectivity index (χ2v) is 5.63. The Labute approximate surface area is 150 Å². The predicted molar refractivity (Wildman–Crippen MR) is 95.4 cm³/mol. The molecule has 0 bridgehead atoms. The number of halogens is 1. The van der Waals surface area contributed by atoms with Gasteiger partial charge in [0.05, 0.1) is 0 Å². The summed E-state index contributed by atoms with van der Waals surface area (Å²) in [5.74, 6) is -2.04. The van der Waals surface area contributed by atoms with Gasteiger partial charge in [0.2, 0.25) is 0 Å². The number of carbonyl (C=O) groups is 2. The van der Waals surface area contributed by atoms with Crippen LogP contribution in [0.15, 0.2) is 54.1 Å². The number of amides is 1. The molecule has 0 saturated heterocycles. The second kappa shape index (κ2) is 8.58. The predicted octanol–water partition coefficient (Wildman–Crippen LogP) is 3.61. The van der Waals surface area contributed by atoms with Gasteiger partial charge in [0.1, 0.15) is 17.5 Å². The molecule has 0 saturated carbocycles. The summed E-state index contributed by atoms with van der Waals surface area (Å²) >= 11 is 0. The zero-order chi connectivity index (χ0) is 19.1. The van der Waals surface area contributed by atoms with Crippen LogP contribution in [0.25, 0.3) is 6.08 Å². The molecule has 2 aromatic carbocycles. The molecule has 132 valence electrons. The fourth-order valence-corrected chi connectivity index (χ4v) is 2.05. The summed E-state index contributed by atoms with van der Waals surface area (Å²) in [4.78, 5) is 24.2. The summed E-state index contributed by atoms with van der Waals surface area (Å²) in [5.41, 5.74) is 1.74. The molecule has 5 nitrogen and oxygen atoms in total. The van der Waals surface area contributed by atoms with Crippen molar-refractivity contribution in [2.24, 2.45) is 0 Å². The van der Waals surface area contributed by atoms with Crippen molar-refractivity contribution in [2.75, 3.05) is 5.32 Å². The topological polar surface area (TPSA) is 79.2 Å². The van der Waals surface area contributed by atoms with Crippen molar-refractivity contribution in [1.82, 2.24) is 0 Å². The highest BCUT2D eigenvalue weighted by atomic mass is 19.1. The standard InChI is InChI=1S/C20H17FN2O3/c1-13-6-8-15(9-7-13)10-16(12-22)20(25)26-14(2)19(24)23-18-5-3-4-17(21)11-18/h3-11,14H,1-2H3,(H,23,24)/b16-10+/t14-/m1/s1. The van der Waals surface area contributed by atoms with Crippen LogP contribution >= 0.6 is 0 Å². The Morgan fingerprint density at radius 3 is 2.54 bits per heavy atom. The summed E-state index contributed by atoms with van der Waals surface area (Å²) in [6.07, 6.45) is 0.236. The molecular formula is C20H17FN2O3. The minimum absolute atomic E-state index is 0.223. The minimum atomic E-state index is -1.15. The first kappa shape index (κ1) is 18.9. The lowest BCUT2D eigenvalue weighted by Crippen LogP contribution is -2.30. The van der Waals surface area contributed by atoms with Crippen LogP contribution < -0.4 is 5.32 Å². The molecule has 0 spiro atoms. The molecule has 0 aromatic heterocycles. The monoisotopic (exact) mass is 352 g/mol. The Hall–Kier alpha value is -3.46. The third kappa shape index (κ3) is 5.28. The van der Waals surface area contributed by atoms with Gasteiger partial charge < -0.3 is 10.1 Å². The maximum Gasteiger partial charge on any atom is 0.349 e. The lowest BCUT2D eigenvalue weighted by atomic mass is 10.1. The van der Waals surface area contributed by atoms with E-state index in [9.17, 15) is 14.0 Å². The number of rotatable bonds is 5. The number of esters is 1. The number of aryl methyl sites for hydroxylation is 1. The van der Waals surface area contributed by atoms with Gasteiger partial charge in [0, 0.05) is 5.69 Å². The van der Waals surface area contributed by atoms with E-state index in [1.807, 2.05) is 19.1 Å². The van der Waals surface area contributed by atoms with E-state index in [-0.39, 0.29) is 11.3 Å². The van der Waals surface area contributed by atoms with Crippen molar-refractivity contribution in [3.8, 4) is 6.07 Å². The first-order chi connectivity index (χ1) is 12.4. The minimum Gasteiger partial charge on any atom is -0.448 e. The van der Waals surface area contributed by atoms with Crippen molar-refractivity contribution in [2.45, 2.75) is 20.0 Å². The first-order valence-corrected chi connectivity index (χ1v) is 7.85. The van der Waals surface area contributed by atoms with Crippen molar-refractivity contribution in [3.63, 3.8) is 0 Å². The summed E-state index contributed by atoms with van der Waals surface area (Å²) in [6, 6.07) is 14.3. The Morgan fingerprint density at radius 1 is 1.23 bits per heavy atom. The fraction of sp³-hybridized carbons (Fsp3) is 0.150. The molecule has 2 rings (SSSR count). The van der Waals surface area contributed by atoms with Crippen LogP contribution in [0.2, 0.25) is 0 Å². The summed E-state index contributed by atoms with van der Waals surface area (Å²) in [5, 5.41) is 11.6. The fourth-order valence-electron chi connectivity index (χ4n) is 2.05. The molecule has 1 amide bonds. The molecule has 0 unspecified atom stereocenters. The number of anilines is 1. The molecule has 26 heavy (non-hydrogen) atoms. The highest BCUT2D eigenvalue weighted by Gasteiger charge is 2.20. The lowest BCUT2D eigenvalue weighted by molar-refractivity contribution is -0.148. The maximum absolute atomic E-state index is 13.1. The lowest BCUT2D eigenvalue weighted by Gasteiger charge is -2.13. The van der Waals surface area contributed by atoms with E-state index in [4.69, 9.17) is 10.00 Å². The molecular weight excluding hydrogens is 335 g/mol. The van der Waals surface area contributed by atoms with E-state index in [0.717, 1.165) is 11.6 Å². The zero-order valence-electron chi connectivity index (χ0n) is 14.3. The van der Waals surface area contributed by atoms with E-state index in [1.54, 1.807) is 18.2 Å². The normalized spacial score (nSPS) is 12.0. The number of hydrogen-bond donors (Lipinski definition) is 1. The highest BCUT2D eigenvalue weighted by Crippen LogP contribution is 2.12. The van der Waals surface area contributed by atoms with Crippen LogP contribution in [0, 0.1) is 24.1 Å². The molecule has 0 heterocycles. The van der Waals surface area contributed by atoms with Crippen molar-refractivity contribution < 1.29 is 18.7 Å². The third-order valence-electron chi connectivity index (χ3n) is 3.47. The Morgan fingerprint density at radius 2 is 1.92 bits per heavy atom. The molecule has 1 atom stereocenters. The first-order valence-electron chi connectivity index (χ1n) is 7.85. The largest absolute Gasteiger partial charge is 0.448 e. The maximum atomic E-state index is 13.1. The molecule has 0 radical (unpaired) electrons. The quantitative estimate of drug-likeness (QED) is 0.506. The number of carbonyl (C=O) groups excluding carboxylic acids is 2. The van der Waals surface area contributed by atoms with E-state index in [1.165, 1.54) is 31.2 Å². The number of benzene rings is 2. The number of nitriles is 1. The van der Waals surface area contributed by atoms with Crippen LogP contribution in [0.3, 0.4) is 0 Å². The summed E-state index contributed by atoms with van der Waals surface area (Å²) in [6.45, 7) is 3.29. The molecule has 0 aliphatic rings. The van der Waals surface area contributed by atoms with Crippen LogP contribution in [0.5, 0.6) is 0 Å². The van der Waals surface area contributed by atoms with Gasteiger partial charge in [-0.05, 0) is 43.7 Å². The highest BCUT2D eigenvalue weighted by molar-refractivity contribution is 6.01. The Balaban J connectivity index is 2.03. The van der Waals surface area contributed by atoms with Gasteiger partial charge in [-0.2, -0.15) is 5.26 Å². The summed E-state index contributed by atoms with van der Waals surface area (Å²) < 4.78 is 18.2. The molecule has 2 aromatic rings. The van der Waals surface area contributed by atoms with Gasteiger partial charge in [-0.15, -0.1) is 0 Å². The van der Waals surface area contributed by atoms with Crippen LogP contribution in [-0.2, 0) is 14.3 Å². The Kier molecular flexibility index (Phi) is 6.23. The third-order valence-corrected chi connectivity index (χ3v) is 3.47. The van der Waals surface area contributed by atoms with Crippen molar-refractivity contribution in [1.29, 1.82) is 5.26 Å². The van der Waals surface area contributed by atoms with Gasteiger partial charge in [-0.1, -0.05) is 35.9 Å².